The van der Waals surface area contributed by atoms with E-state index in [2.05, 4.69) is 91.0 Å². The Hall–Kier alpha value is -1.56. The van der Waals surface area contributed by atoms with Crippen LogP contribution in [0.25, 0.3) is 0 Å². The average Bonchev–Trinajstić information content (AvgIpc) is 2.96. The summed E-state index contributed by atoms with van der Waals surface area (Å²) < 4.78 is 15.0. The van der Waals surface area contributed by atoms with Crippen molar-refractivity contribution in [2.75, 3.05) is 0 Å². The van der Waals surface area contributed by atoms with E-state index < -0.39 is 19.8 Å². The molecule has 0 spiro atoms. The van der Waals surface area contributed by atoms with Gasteiger partial charge in [-0.2, -0.15) is 0 Å². The summed E-state index contributed by atoms with van der Waals surface area (Å²) in [7, 11) is 1.42. The predicted octanol–water partition coefficient (Wildman–Crippen LogP) is 3.33. The molecule has 1 saturated heterocycles. The van der Waals surface area contributed by atoms with Crippen LogP contribution in [0.4, 0.5) is 0 Å². The summed E-state index contributed by atoms with van der Waals surface area (Å²) in [5.41, 5.74) is -0.375. The van der Waals surface area contributed by atoms with E-state index in [1.807, 2.05) is 27.7 Å². The van der Waals surface area contributed by atoms with E-state index in [9.17, 15) is 0 Å². The summed E-state index contributed by atoms with van der Waals surface area (Å²) in [4.78, 5) is 0. The Morgan fingerprint density at radius 3 is 1.04 bits per heavy atom. The molecule has 3 aromatic rings. The van der Waals surface area contributed by atoms with Gasteiger partial charge in [0.25, 0.3) is 0 Å². The minimum absolute atomic E-state index is 0.187. The Morgan fingerprint density at radius 2 is 0.821 bits per heavy atom. The van der Waals surface area contributed by atoms with Crippen molar-refractivity contribution in [1.29, 1.82) is 0 Å². The van der Waals surface area contributed by atoms with E-state index in [1.54, 1.807) is 0 Å². The zero-order valence-corrected chi connectivity index (χ0v) is 19.9. The van der Waals surface area contributed by atoms with Crippen molar-refractivity contribution in [2.45, 2.75) is 38.9 Å². The van der Waals surface area contributed by atoms with E-state index in [-0.39, 0.29) is 11.2 Å². The molecule has 1 aliphatic heterocycles. The van der Waals surface area contributed by atoms with Gasteiger partial charge in [-0.25, -0.2) is 0 Å². The third-order valence-corrected chi connectivity index (χ3v) is 13.1. The fourth-order valence-corrected chi connectivity index (χ4v) is 10.2. The van der Waals surface area contributed by atoms with E-state index in [1.165, 1.54) is 18.4 Å². The van der Waals surface area contributed by atoms with Crippen molar-refractivity contribution >= 4 is 38.2 Å². The number of benzene rings is 3. The Labute approximate surface area is 177 Å². The summed E-state index contributed by atoms with van der Waals surface area (Å²) >= 11 is -1.98. The third-order valence-electron chi connectivity index (χ3n) is 5.32. The second kappa shape index (κ2) is 9.29. The molecule has 3 aromatic carbocycles. The molecule has 0 aromatic heterocycles. The van der Waals surface area contributed by atoms with Gasteiger partial charge < -0.3 is 9.31 Å². The molecule has 1 fully saturated rings. The van der Waals surface area contributed by atoms with Crippen molar-refractivity contribution in [3.05, 3.63) is 91.0 Å². The molecule has 2 nitrogen and oxygen atoms in total. The first-order chi connectivity index (χ1) is 13.4. The summed E-state index contributed by atoms with van der Waals surface area (Å²) in [6.45, 7) is 8.04. The summed E-state index contributed by atoms with van der Waals surface area (Å²) in [6, 6.07) is 32.9. The van der Waals surface area contributed by atoms with Crippen LogP contribution in [0.3, 0.4) is 0 Å². The molecule has 0 bridgehead atoms. The van der Waals surface area contributed by atoms with Crippen LogP contribution < -0.4 is 10.7 Å². The standard InChI is InChI=1S/C6H12BO2.3C6H5.Sn/c1-5(2)6(3,4)9-7-8-5;3*1-2-4-6-5-3-1;/h1-4H3;3*1-5H;. The van der Waals surface area contributed by atoms with Crippen molar-refractivity contribution in [3.63, 3.8) is 0 Å². The Bertz CT molecular complexity index is 744. The monoisotopic (exact) mass is 478 g/mol. The third kappa shape index (κ3) is 5.08. The summed E-state index contributed by atoms with van der Waals surface area (Å²) in [5.74, 6) is 0. The molecule has 4 heteroatoms. The summed E-state index contributed by atoms with van der Waals surface area (Å²) in [6.07, 6.45) is 0. The zero-order valence-electron chi connectivity index (χ0n) is 17.1. The first-order valence-electron chi connectivity index (χ1n) is 9.61. The molecular formula is C24H27BO2Sn. The van der Waals surface area contributed by atoms with E-state index in [0.717, 1.165) is 0 Å². The molecule has 142 valence electrons. The second-order valence-corrected chi connectivity index (χ2v) is 14.9. The van der Waals surface area contributed by atoms with E-state index in [4.69, 9.17) is 9.31 Å². The first-order valence-corrected chi connectivity index (χ1v) is 13.9. The van der Waals surface area contributed by atoms with E-state index >= 15 is 0 Å². The Morgan fingerprint density at radius 1 is 0.536 bits per heavy atom. The van der Waals surface area contributed by atoms with Crippen molar-refractivity contribution in [1.82, 2.24) is 0 Å². The summed E-state index contributed by atoms with van der Waals surface area (Å²) in [5, 5.41) is 0. The van der Waals surface area contributed by atoms with Crippen LogP contribution in [0.1, 0.15) is 27.7 Å². The second-order valence-electron chi connectivity index (χ2n) is 7.83. The van der Waals surface area contributed by atoms with Gasteiger partial charge >= 0.3 is 129 Å². The average molecular weight is 477 g/mol. The van der Waals surface area contributed by atoms with Crippen LogP contribution in [0, 0.1) is 0 Å². The van der Waals surface area contributed by atoms with Crippen LogP contribution >= 0.6 is 0 Å². The van der Waals surface area contributed by atoms with Crippen LogP contribution in [0.5, 0.6) is 0 Å². The van der Waals surface area contributed by atoms with Crippen LogP contribution in [0.15, 0.2) is 91.0 Å². The van der Waals surface area contributed by atoms with Crippen LogP contribution in [-0.2, 0) is 9.31 Å². The molecule has 28 heavy (non-hydrogen) atoms. The van der Waals surface area contributed by atoms with Crippen molar-refractivity contribution in [2.24, 2.45) is 0 Å². The molecule has 2 radical (unpaired) electrons. The van der Waals surface area contributed by atoms with Crippen molar-refractivity contribution in [3.8, 4) is 0 Å². The SMILES string of the molecule is CC1(C)O[B]OC1(C)C.c1cc[c]([Sn]([c]2ccccc2)[c]2ccccc2)cc1. The number of hydrogen-bond donors (Lipinski definition) is 0. The van der Waals surface area contributed by atoms with Gasteiger partial charge in [0, 0.05) is 0 Å². The fourth-order valence-electron chi connectivity index (χ4n) is 2.86. The van der Waals surface area contributed by atoms with Gasteiger partial charge in [-0.05, 0) is 27.7 Å². The van der Waals surface area contributed by atoms with Gasteiger partial charge in [-0.3, -0.25) is 0 Å². The maximum atomic E-state index is 5.21. The molecule has 1 heterocycles. The van der Waals surface area contributed by atoms with Gasteiger partial charge in [0.2, 0.25) is 0 Å². The molecule has 1 aliphatic rings. The number of hydrogen-bond acceptors (Lipinski definition) is 2. The van der Waals surface area contributed by atoms with Gasteiger partial charge in [0.05, 0.1) is 11.2 Å². The van der Waals surface area contributed by atoms with E-state index in [0.29, 0.717) is 0 Å². The quantitative estimate of drug-likeness (QED) is 0.540. The zero-order chi connectivity index (χ0) is 20.0. The first kappa shape index (κ1) is 21.2. The topological polar surface area (TPSA) is 18.5 Å². The van der Waals surface area contributed by atoms with Gasteiger partial charge in [-0.1, -0.05) is 0 Å². The van der Waals surface area contributed by atoms with Crippen molar-refractivity contribution < 1.29 is 9.31 Å². The molecule has 4 rings (SSSR count). The minimum atomic E-state index is -1.98. The molecular weight excluding hydrogens is 450 g/mol. The van der Waals surface area contributed by atoms with Crippen LogP contribution in [-0.4, -0.2) is 38.6 Å². The Balaban J connectivity index is 0.000000211. The van der Waals surface area contributed by atoms with Gasteiger partial charge in [-0.15, -0.1) is 0 Å². The molecule has 0 atom stereocenters. The molecule has 0 amide bonds. The Kier molecular flexibility index (Phi) is 7.02. The molecule has 0 unspecified atom stereocenters. The maximum absolute atomic E-state index is 5.21. The van der Waals surface area contributed by atoms with Gasteiger partial charge in [0.15, 0.2) is 0 Å². The van der Waals surface area contributed by atoms with Crippen LogP contribution in [0.2, 0.25) is 0 Å². The molecule has 0 saturated carbocycles. The fraction of sp³-hybridized carbons (Fsp3) is 0.250. The normalized spacial score (nSPS) is 16.8. The number of rotatable bonds is 3. The molecule has 0 aliphatic carbocycles. The molecule has 0 N–H and O–H groups in total. The predicted molar refractivity (Wildman–Crippen MR) is 120 cm³/mol. The van der Waals surface area contributed by atoms with Gasteiger partial charge in [0.1, 0.15) is 0 Å².